The van der Waals surface area contributed by atoms with Gasteiger partial charge in [-0.2, -0.15) is 0 Å². The predicted octanol–water partition coefficient (Wildman–Crippen LogP) is 3.39. The number of carbonyl (C=O) groups is 2. The van der Waals surface area contributed by atoms with Gasteiger partial charge in [-0.1, -0.05) is 0 Å². The van der Waals surface area contributed by atoms with E-state index in [1.54, 1.807) is 0 Å². The number of benzene rings is 2. The molecule has 0 fully saturated rings. The number of carbonyl (C=O) groups excluding carboxylic acids is 2. The van der Waals surface area contributed by atoms with Gasteiger partial charge in [-0.15, -0.1) is 0 Å². The summed E-state index contributed by atoms with van der Waals surface area (Å²) >= 11 is 0. The monoisotopic (exact) mass is 290 g/mol. The van der Waals surface area contributed by atoms with Crippen molar-refractivity contribution in [3.05, 3.63) is 65.7 Å². The molecule has 0 heterocycles. The van der Waals surface area contributed by atoms with Gasteiger partial charge in [0.1, 0.15) is 23.3 Å². The average Bonchev–Trinajstić information content (AvgIpc) is 2.49. The van der Waals surface area contributed by atoms with Crippen molar-refractivity contribution in [2.45, 2.75) is 6.92 Å². The molecule has 0 saturated carbocycles. The van der Waals surface area contributed by atoms with Crippen molar-refractivity contribution in [2.24, 2.45) is 5.92 Å². The summed E-state index contributed by atoms with van der Waals surface area (Å²) < 4.78 is 30.5. The molecule has 21 heavy (non-hydrogen) atoms. The first-order valence-electron chi connectivity index (χ1n) is 6.24. The molecule has 108 valence electrons. The summed E-state index contributed by atoms with van der Waals surface area (Å²) in [5.41, 5.74) is 0.222. The van der Waals surface area contributed by atoms with Gasteiger partial charge in [-0.05, 0) is 55.5 Å². The molecule has 1 atom stereocenters. The fraction of sp³-hybridized carbons (Fsp3) is 0.125. The van der Waals surface area contributed by atoms with Crippen LogP contribution in [0.4, 0.5) is 8.78 Å². The number of hydrogen-bond donors (Lipinski definition) is 0. The first-order valence-corrected chi connectivity index (χ1v) is 6.24. The van der Waals surface area contributed by atoms with E-state index in [9.17, 15) is 18.4 Å². The minimum atomic E-state index is -1.04. The molecule has 0 aliphatic heterocycles. The Morgan fingerprint density at radius 1 is 0.905 bits per heavy atom. The first kappa shape index (κ1) is 14.8. The molecule has 0 amide bonds. The van der Waals surface area contributed by atoms with Gasteiger partial charge in [0.15, 0.2) is 5.78 Å². The van der Waals surface area contributed by atoms with Crippen molar-refractivity contribution in [1.82, 2.24) is 0 Å². The predicted molar refractivity (Wildman–Crippen MR) is 71.9 cm³/mol. The SMILES string of the molecule is CC(C(=O)Oc1ccc(F)cc1)C(=O)c1ccc(F)cc1. The molecule has 5 heteroatoms. The lowest BCUT2D eigenvalue weighted by molar-refractivity contribution is -0.136. The van der Waals surface area contributed by atoms with E-state index in [4.69, 9.17) is 4.74 Å². The molecular formula is C16H12F2O3. The van der Waals surface area contributed by atoms with E-state index in [0.29, 0.717) is 0 Å². The summed E-state index contributed by atoms with van der Waals surface area (Å²) in [6.45, 7) is 1.40. The summed E-state index contributed by atoms with van der Waals surface area (Å²) in [4.78, 5) is 23.9. The van der Waals surface area contributed by atoms with Gasteiger partial charge in [0.25, 0.3) is 0 Å². The van der Waals surface area contributed by atoms with Gasteiger partial charge in [-0.3, -0.25) is 9.59 Å². The fourth-order valence-electron chi connectivity index (χ4n) is 1.68. The summed E-state index contributed by atoms with van der Waals surface area (Å²) in [6, 6.07) is 9.78. The van der Waals surface area contributed by atoms with Crippen LogP contribution >= 0.6 is 0 Å². The van der Waals surface area contributed by atoms with Crippen molar-refractivity contribution < 1.29 is 23.1 Å². The Balaban J connectivity index is 2.06. The first-order chi connectivity index (χ1) is 9.97. The molecule has 2 aromatic carbocycles. The van der Waals surface area contributed by atoms with E-state index >= 15 is 0 Å². The van der Waals surface area contributed by atoms with Crippen LogP contribution in [0.3, 0.4) is 0 Å². The van der Waals surface area contributed by atoms with Crippen molar-refractivity contribution in [2.75, 3.05) is 0 Å². The van der Waals surface area contributed by atoms with Crippen LogP contribution in [-0.2, 0) is 4.79 Å². The van der Waals surface area contributed by atoms with Gasteiger partial charge in [0.2, 0.25) is 0 Å². The molecule has 3 nitrogen and oxygen atoms in total. The summed E-state index contributed by atoms with van der Waals surface area (Å²) in [6.07, 6.45) is 0. The Labute approximate surface area is 120 Å². The largest absolute Gasteiger partial charge is 0.426 e. The van der Waals surface area contributed by atoms with E-state index in [1.807, 2.05) is 0 Å². The molecule has 0 aromatic heterocycles. The Morgan fingerprint density at radius 3 is 1.90 bits per heavy atom. The molecule has 0 N–H and O–H groups in total. The smallest absolute Gasteiger partial charge is 0.321 e. The highest BCUT2D eigenvalue weighted by Crippen LogP contribution is 2.16. The summed E-state index contributed by atoms with van der Waals surface area (Å²) in [5.74, 6) is -3.03. The van der Waals surface area contributed by atoms with Gasteiger partial charge < -0.3 is 4.74 Å². The van der Waals surface area contributed by atoms with Crippen molar-refractivity contribution in [3.63, 3.8) is 0 Å². The van der Waals surface area contributed by atoms with Crippen LogP contribution < -0.4 is 4.74 Å². The number of Topliss-reactive ketones (excluding diaryl/α,β-unsaturated/α-hetero) is 1. The zero-order valence-corrected chi connectivity index (χ0v) is 11.2. The van der Waals surface area contributed by atoms with E-state index in [2.05, 4.69) is 0 Å². The van der Waals surface area contributed by atoms with Crippen LogP contribution in [0, 0.1) is 17.6 Å². The van der Waals surface area contributed by atoms with E-state index in [0.717, 1.165) is 24.3 Å². The third-order valence-corrected chi connectivity index (χ3v) is 2.91. The third kappa shape index (κ3) is 3.72. The Morgan fingerprint density at radius 2 is 1.38 bits per heavy atom. The number of hydrogen-bond acceptors (Lipinski definition) is 3. The second kappa shape index (κ2) is 6.26. The lowest BCUT2D eigenvalue weighted by atomic mass is 9.99. The van der Waals surface area contributed by atoms with Crippen molar-refractivity contribution >= 4 is 11.8 Å². The number of halogens is 2. The molecule has 0 aliphatic carbocycles. The molecule has 0 spiro atoms. The molecule has 2 rings (SSSR count). The van der Waals surface area contributed by atoms with Crippen LogP contribution in [0.5, 0.6) is 5.75 Å². The van der Waals surface area contributed by atoms with E-state index in [1.165, 1.54) is 31.2 Å². The average molecular weight is 290 g/mol. The van der Waals surface area contributed by atoms with Gasteiger partial charge >= 0.3 is 5.97 Å². The van der Waals surface area contributed by atoms with Crippen LogP contribution in [0.2, 0.25) is 0 Å². The quantitative estimate of drug-likeness (QED) is 0.375. The zero-order valence-electron chi connectivity index (χ0n) is 11.2. The van der Waals surface area contributed by atoms with Crippen LogP contribution in [0.1, 0.15) is 17.3 Å². The molecule has 0 radical (unpaired) electrons. The minimum Gasteiger partial charge on any atom is -0.426 e. The van der Waals surface area contributed by atoms with Crippen molar-refractivity contribution in [1.29, 1.82) is 0 Å². The second-order valence-electron chi connectivity index (χ2n) is 4.47. The highest BCUT2D eigenvalue weighted by molar-refractivity contribution is 6.08. The second-order valence-corrected chi connectivity index (χ2v) is 4.47. The maximum Gasteiger partial charge on any atom is 0.321 e. The number of rotatable bonds is 4. The molecule has 0 saturated heterocycles. The van der Waals surface area contributed by atoms with Crippen LogP contribution in [0.25, 0.3) is 0 Å². The Bertz CT molecular complexity index is 648. The number of ether oxygens (including phenoxy) is 1. The third-order valence-electron chi connectivity index (χ3n) is 2.91. The molecule has 0 aliphatic rings. The van der Waals surface area contributed by atoms with Gasteiger partial charge in [0, 0.05) is 5.56 Å². The summed E-state index contributed by atoms with van der Waals surface area (Å²) in [5, 5.41) is 0. The Hall–Kier alpha value is -2.56. The molecule has 0 bridgehead atoms. The number of ketones is 1. The zero-order chi connectivity index (χ0) is 15.4. The minimum absolute atomic E-state index is 0.153. The van der Waals surface area contributed by atoms with E-state index in [-0.39, 0.29) is 11.3 Å². The highest BCUT2D eigenvalue weighted by atomic mass is 19.1. The highest BCUT2D eigenvalue weighted by Gasteiger charge is 2.24. The lowest BCUT2D eigenvalue weighted by Gasteiger charge is -2.10. The normalized spacial score (nSPS) is 11.8. The lowest BCUT2D eigenvalue weighted by Crippen LogP contribution is -2.25. The fourth-order valence-corrected chi connectivity index (χ4v) is 1.68. The van der Waals surface area contributed by atoms with Crippen LogP contribution in [0.15, 0.2) is 48.5 Å². The topological polar surface area (TPSA) is 43.4 Å². The van der Waals surface area contributed by atoms with E-state index < -0.39 is 29.3 Å². The standard InChI is InChI=1S/C16H12F2O3/c1-10(15(19)11-2-4-12(17)5-3-11)16(20)21-14-8-6-13(18)7-9-14/h2-10H,1H3. The molecular weight excluding hydrogens is 278 g/mol. The summed E-state index contributed by atoms with van der Waals surface area (Å²) in [7, 11) is 0. The Kier molecular flexibility index (Phi) is 4.42. The van der Waals surface area contributed by atoms with Gasteiger partial charge in [0.05, 0.1) is 0 Å². The molecule has 2 aromatic rings. The maximum absolute atomic E-state index is 12.8. The van der Waals surface area contributed by atoms with Gasteiger partial charge in [-0.25, -0.2) is 8.78 Å². The van der Waals surface area contributed by atoms with Crippen molar-refractivity contribution in [3.8, 4) is 5.75 Å². The molecule has 1 unspecified atom stereocenters. The number of esters is 1. The maximum atomic E-state index is 12.8. The van der Waals surface area contributed by atoms with Crippen LogP contribution in [-0.4, -0.2) is 11.8 Å².